The number of rotatable bonds is 0. The van der Waals surface area contributed by atoms with Gasteiger partial charge in [-0.05, 0) is 13.0 Å². The second-order valence-electron chi connectivity index (χ2n) is 1.79. The Hall–Kier alpha value is -1.25. The number of aromatic nitrogens is 1. The summed E-state index contributed by atoms with van der Waals surface area (Å²) in [5, 5.41) is 8.72. The van der Waals surface area contributed by atoms with Crippen molar-refractivity contribution in [2.24, 2.45) is 0 Å². The lowest BCUT2D eigenvalue weighted by Gasteiger charge is -1.90. The van der Waals surface area contributed by atoms with Crippen LogP contribution in [0.2, 0.25) is 0 Å². The van der Waals surface area contributed by atoms with Gasteiger partial charge in [0.1, 0.15) is 5.75 Å². The zero-order chi connectivity index (χ0) is 6.85. The quantitative estimate of drug-likeness (QED) is 0.518. The lowest BCUT2D eigenvalue weighted by atomic mass is 10.4. The van der Waals surface area contributed by atoms with Gasteiger partial charge in [0.05, 0.1) is 6.07 Å². The number of hydrogen-bond acceptors (Lipinski definition) is 2. The van der Waals surface area contributed by atoms with Crippen LogP contribution in [0.4, 0.5) is 0 Å². The van der Waals surface area contributed by atoms with Crippen LogP contribution in [-0.2, 0) is 0 Å². The maximum atomic E-state index is 10.4. The van der Waals surface area contributed by atoms with Gasteiger partial charge < -0.3 is 10.1 Å². The van der Waals surface area contributed by atoms with Crippen LogP contribution in [0.25, 0.3) is 0 Å². The average Bonchev–Trinajstić information content (AvgIpc) is 1.59. The van der Waals surface area contributed by atoms with Crippen molar-refractivity contribution in [1.82, 2.24) is 4.98 Å². The molecule has 2 N–H and O–H groups in total. The van der Waals surface area contributed by atoms with Crippen molar-refractivity contribution in [2.45, 2.75) is 6.92 Å². The van der Waals surface area contributed by atoms with Crippen LogP contribution in [0.3, 0.4) is 0 Å². The number of hydrogen-bond donors (Lipinski definition) is 2. The van der Waals surface area contributed by atoms with E-state index in [9.17, 15) is 4.79 Å². The van der Waals surface area contributed by atoms with E-state index in [4.69, 9.17) is 5.11 Å². The molecule has 0 bridgehead atoms. The summed E-state index contributed by atoms with van der Waals surface area (Å²) in [6, 6.07) is 3.59. The zero-order valence-corrected chi connectivity index (χ0v) is 4.93. The molecule has 0 spiro atoms. The van der Waals surface area contributed by atoms with E-state index in [1.807, 2.05) is 0 Å². The van der Waals surface area contributed by atoms with Crippen molar-refractivity contribution in [3.8, 4) is 5.75 Å². The van der Waals surface area contributed by atoms with Gasteiger partial charge in [0.15, 0.2) is 0 Å². The zero-order valence-electron chi connectivity index (χ0n) is 4.93. The molecule has 0 amide bonds. The highest BCUT2D eigenvalue weighted by molar-refractivity contribution is 5.18. The largest absolute Gasteiger partial charge is 0.507 e. The third kappa shape index (κ3) is 1.32. The topological polar surface area (TPSA) is 53.1 Å². The number of aromatic amines is 1. The lowest BCUT2D eigenvalue weighted by Crippen LogP contribution is -2.04. The van der Waals surface area contributed by atoms with Gasteiger partial charge in [-0.1, -0.05) is 0 Å². The molecule has 3 heteroatoms. The molecule has 0 aliphatic rings. The Bertz CT molecular complexity index is 241. The fourth-order valence-electron chi connectivity index (χ4n) is 0.604. The standard InChI is InChI=1S/C6H6NO2/c1-4-2-5(8)3-6(9)7-4/h2H,1H3,(H2,7,8,9). The van der Waals surface area contributed by atoms with Crippen molar-refractivity contribution >= 4 is 0 Å². The minimum absolute atomic E-state index is 0.115. The van der Waals surface area contributed by atoms with Crippen LogP contribution in [-0.4, -0.2) is 10.1 Å². The predicted molar refractivity (Wildman–Crippen MR) is 32.3 cm³/mol. The SMILES string of the molecule is Cc1cc(O)[c]c(=O)[nH]1. The first-order valence-corrected chi connectivity index (χ1v) is 2.51. The maximum absolute atomic E-state index is 10.4. The highest BCUT2D eigenvalue weighted by Gasteiger charge is 1.90. The molecule has 0 fully saturated rings. The van der Waals surface area contributed by atoms with E-state index >= 15 is 0 Å². The Labute approximate surface area is 52.0 Å². The van der Waals surface area contributed by atoms with Gasteiger partial charge in [-0.15, -0.1) is 0 Å². The molecule has 0 saturated heterocycles. The Balaban J connectivity index is 3.33. The van der Waals surface area contributed by atoms with E-state index in [-0.39, 0.29) is 5.75 Å². The molecule has 0 unspecified atom stereocenters. The lowest BCUT2D eigenvalue weighted by molar-refractivity contribution is 0.472. The van der Waals surface area contributed by atoms with E-state index < -0.39 is 5.56 Å². The Morgan fingerprint density at radius 1 is 1.78 bits per heavy atom. The van der Waals surface area contributed by atoms with Gasteiger partial charge in [0.25, 0.3) is 5.56 Å². The summed E-state index contributed by atoms with van der Waals surface area (Å²) in [5.41, 5.74) is 0.240. The molecule has 0 aromatic carbocycles. The molecule has 47 valence electrons. The van der Waals surface area contributed by atoms with Crippen LogP contribution in [0.15, 0.2) is 10.9 Å². The minimum Gasteiger partial charge on any atom is -0.507 e. The normalized spacial score (nSPS) is 9.44. The van der Waals surface area contributed by atoms with Gasteiger partial charge >= 0.3 is 0 Å². The molecule has 0 atom stereocenters. The maximum Gasteiger partial charge on any atom is 0.260 e. The van der Waals surface area contributed by atoms with Crippen molar-refractivity contribution < 1.29 is 5.11 Å². The highest BCUT2D eigenvalue weighted by atomic mass is 16.3. The second-order valence-corrected chi connectivity index (χ2v) is 1.79. The van der Waals surface area contributed by atoms with Gasteiger partial charge in [0.2, 0.25) is 0 Å². The first kappa shape index (κ1) is 5.88. The monoisotopic (exact) mass is 124 g/mol. The van der Waals surface area contributed by atoms with Crippen LogP contribution in [0.5, 0.6) is 5.75 Å². The van der Waals surface area contributed by atoms with Gasteiger partial charge in [-0.25, -0.2) is 0 Å². The van der Waals surface area contributed by atoms with Crippen LogP contribution in [0, 0.1) is 13.0 Å². The Kier molecular flexibility index (Phi) is 1.26. The van der Waals surface area contributed by atoms with Crippen molar-refractivity contribution in [3.05, 3.63) is 28.2 Å². The van der Waals surface area contributed by atoms with Gasteiger partial charge in [0, 0.05) is 5.69 Å². The summed E-state index contributed by atoms with van der Waals surface area (Å²) in [7, 11) is 0. The van der Waals surface area contributed by atoms with Crippen LogP contribution in [0.1, 0.15) is 5.69 Å². The summed E-state index contributed by atoms with van der Waals surface area (Å²) in [6.07, 6.45) is 0. The van der Waals surface area contributed by atoms with Crippen LogP contribution < -0.4 is 5.56 Å². The molecule has 9 heavy (non-hydrogen) atoms. The summed E-state index contributed by atoms with van der Waals surface area (Å²) in [4.78, 5) is 12.9. The third-order valence-corrected chi connectivity index (χ3v) is 0.906. The molecular weight excluding hydrogens is 118 g/mol. The van der Waals surface area contributed by atoms with Crippen LogP contribution >= 0.6 is 0 Å². The number of H-pyrrole nitrogens is 1. The molecule has 1 aromatic rings. The predicted octanol–water partition coefficient (Wildman–Crippen LogP) is 0.189. The van der Waals surface area contributed by atoms with E-state index in [0.29, 0.717) is 5.69 Å². The van der Waals surface area contributed by atoms with E-state index in [2.05, 4.69) is 11.1 Å². The van der Waals surface area contributed by atoms with E-state index in [1.54, 1.807) is 6.92 Å². The second kappa shape index (κ2) is 1.93. The molecule has 3 nitrogen and oxygen atoms in total. The number of pyridine rings is 1. The van der Waals surface area contributed by atoms with E-state index in [0.717, 1.165) is 0 Å². The number of nitrogens with one attached hydrogen (secondary N) is 1. The smallest absolute Gasteiger partial charge is 0.260 e. The summed E-state index contributed by atoms with van der Waals surface area (Å²) in [6.45, 7) is 1.69. The first-order chi connectivity index (χ1) is 4.18. The molecule has 0 aliphatic carbocycles. The first-order valence-electron chi connectivity index (χ1n) is 2.51. The molecule has 0 saturated carbocycles. The molecule has 1 aromatic heterocycles. The highest BCUT2D eigenvalue weighted by Crippen LogP contribution is 2.01. The fraction of sp³-hybridized carbons (Fsp3) is 0.167. The molecule has 1 radical (unpaired) electrons. The van der Waals surface area contributed by atoms with Crippen molar-refractivity contribution in [1.29, 1.82) is 0 Å². The van der Waals surface area contributed by atoms with Gasteiger partial charge in [-0.2, -0.15) is 0 Å². The molecular formula is C6H6NO2. The Morgan fingerprint density at radius 3 is 2.89 bits per heavy atom. The number of aryl methyl sites for hydroxylation is 1. The summed E-state index contributed by atoms with van der Waals surface area (Å²) < 4.78 is 0. The average molecular weight is 124 g/mol. The molecule has 1 rings (SSSR count). The van der Waals surface area contributed by atoms with E-state index in [1.165, 1.54) is 6.07 Å². The van der Waals surface area contributed by atoms with Gasteiger partial charge in [-0.3, -0.25) is 4.79 Å². The van der Waals surface area contributed by atoms with Crippen molar-refractivity contribution in [2.75, 3.05) is 0 Å². The minimum atomic E-state index is -0.396. The summed E-state index contributed by atoms with van der Waals surface area (Å²) in [5.74, 6) is -0.115. The summed E-state index contributed by atoms with van der Waals surface area (Å²) >= 11 is 0. The third-order valence-electron chi connectivity index (χ3n) is 0.906. The van der Waals surface area contributed by atoms with Crippen molar-refractivity contribution in [3.63, 3.8) is 0 Å². The Morgan fingerprint density at radius 2 is 2.44 bits per heavy atom. The number of aromatic hydroxyl groups is 1. The fourth-order valence-corrected chi connectivity index (χ4v) is 0.604. The molecule has 1 heterocycles. The molecule has 0 aliphatic heterocycles.